The van der Waals surface area contributed by atoms with Gasteiger partial charge in [0.05, 0.1) is 5.92 Å². The summed E-state index contributed by atoms with van der Waals surface area (Å²) in [6.45, 7) is 3.35. The zero-order chi connectivity index (χ0) is 16.1. The highest BCUT2D eigenvalue weighted by atomic mass is 35.5. The highest BCUT2D eigenvalue weighted by molar-refractivity contribution is 5.85. The molecule has 1 aromatic heterocycles. The van der Waals surface area contributed by atoms with Gasteiger partial charge in [0.25, 0.3) is 0 Å². The lowest BCUT2D eigenvalue weighted by Gasteiger charge is -2.37. The Morgan fingerprint density at radius 2 is 1.64 bits per heavy atom. The van der Waals surface area contributed by atoms with Crippen molar-refractivity contribution in [2.75, 3.05) is 37.6 Å². The molecule has 1 fully saturated rings. The molecule has 0 bridgehead atoms. The molecule has 1 unspecified atom stereocenters. The molecule has 25 heavy (non-hydrogen) atoms. The largest absolute Gasteiger partial charge is 0.353 e. The average molecular weight is 383 g/mol. The van der Waals surface area contributed by atoms with Crippen molar-refractivity contribution < 1.29 is 4.79 Å². The first-order valence-electron chi connectivity index (χ1n) is 7.99. The molecule has 1 atom stereocenters. The van der Waals surface area contributed by atoms with Crippen LogP contribution in [0.5, 0.6) is 0 Å². The zero-order valence-corrected chi connectivity index (χ0v) is 15.6. The molecule has 1 aliphatic rings. The van der Waals surface area contributed by atoms with Crippen LogP contribution < -0.4 is 10.6 Å². The Bertz CT molecular complexity index is 634. The van der Waals surface area contributed by atoms with Crippen molar-refractivity contribution in [3.63, 3.8) is 0 Å². The van der Waals surface area contributed by atoms with Gasteiger partial charge >= 0.3 is 0 Å². The van der Waals surface area contributed by atoms with Crippen molar-refractivity contribution in [2.45, 2.75) is 5.92 Å². The van der Waals surface area contributed by atoms with Crippen LogP contribution in [-0.2, 0) is 4.79 Å². The van der Waals surface area contributed by atoms with Crippen molar-refractivity contribution >= 4 is 36.5 Å². The molecule has 2 heterocycles. The summed E-state index contributed by atoms with van der Waals surface area (Å²) in [4.78, 5) is 21.3. The van der Waals surface area contributed by atoms with Crippen LogP contribution in [0.1, 0.15) is 11.5 Å². The van der Waals surface area contributed by atoms with E-state index in [-0.39, 0.29) is 36.6 Å². The molecule has 7 heteroatoms. The summed E-state index contributed by atoms with van der Waals surface area (Å²) in [6.07, 6.45) is 1.80. The first kappa shape index (κ1) is 21.2. The number of carbonyl (C=O) groups is 1. The maximum atomic E-state index is 12.8. The Balaban J connectivity index is 0.00000156. The van der Waals surface area contributed by atoms with Crippen LogP contribution in [0.15, 0.2) is 54.7 Å². The first-order valence-corrected chi connectivity index (χ1v) is 7.99. The summed E-state index contributed by atoms with van der Waals surface area (Å²) in [5.74, 6) is 0.843. The predicted octanol–water partition coefficient (Wildman–Crippen LogP) is 2.32. The second kappa shape index (κ2) is 10.2. The lowest BCUT2D eigenvalue weighted by molar-refractivity contribution is -0.132. The van der Waals surface area contributed by atoms with Gasteiger partial charge in [0.15, 0.2) is 0 Å². The lowest BCUT2D eigenvalue weighted by atomic mass is 9.97. The number of anilines is 1. The molecule has 2 aromatic rings. The number of hydrogen-bond acceptors (Lipinski definition) is 4. The van der Waals surface area contributed by atoms with E-state index in [4.69, 9.17) is 5.73 Å². The van der Waals surface area contributed by atoms with Crippen LogP contribution in [0, 0.1) is 0 Å². The van der Waals surface area contributed by atoms with Crippen LogP contribution in [0.3, 0.4) is 0 Å². The smallest absolute Gasteiger partial charge is 0.231 e. The van der Waals surface area contributed by atoms with Gasteiger partial charge in [-0.05, 0) is 17.7 Å². The topological polar surface area (TPSA) is 62.5 Å². The number of amides is 1. The van der Waals surface area contributed by atoms with E-state index in [1.165, 1.54) is 0 Å². The zero-order valence-electron chi connectivity index (χ0n) is 14.0. The van der Waals surface area contributed by atoms with Gasteiger partial charge in [-0.2, -0.15) is 0 Å². The molecule has 0 saturated carbocycles. The van der Waals surface area contributed by atoms with Gasteiger partial charge in [-0.25, -0.2) is 4.98 Å². The average Bonchev–Trinajstić information content (AvgIpc) is 2.64. The lowest BCUT2D eigenvalue weighted by Crippen LogP contribution is -2.51. The van der Waals surface area contributed by atoms with Crippen LogP contribution >= 0.6 is 24.8 Å². The molecule has 5 nitrogen and oxygen atoms in total. The molecule has 1 amide bonds. The summed E-state index contributed by atoms with van der Waals surface area (Å²) >= 11 is 0. The van der Waals surface area contributed by atoms with E-state index in [0.717, 1.165) is 24.5 Å². The van der Waals surface area contributed by atoms with E-state index < -0.39 is 0 Å². The van der Waals surface area contributed by atoms with E-state index in [1.54, 1.807) is 6.20 Å². The number of aromatic nitrogens is 1. The number of rotatable bonds is 4. The van der Waals surface area contributed by atoms with Crippen LogP contribution in [-0.4, -0.2) is 48.5 Å². The molecule has 1 aliphatic heterocycles. The summed E-state index contributed by atoms with van der Waals surface area (Å²) in [5.41, 5.74) is 6.86. The van der Waals surface area contributed by atoms with Crippen LogP contribution in [0.2, 0.25) is 0 Å². The second-order valence-corrected chi connectivity index (χ2v) is 5.70. The third kappa shape index (κ3) is 5.08. The van der Waals surface area contributed by atoms with Crippen LogP contribution in [0.25, 0.3) is 0 Å². The number of piperazine rings is 1. The number of benzene rings is 1. The SMILES string of the molecule is Cl.Cl.NCC(C(=O)N1CCN(c2ccccn2)CC1)c1ccccc1. The normalized spacial score (nSPS) is 14.9. The van der Waals surface area contributed by atoms with E-state index in [0.29, 0.717) is 19.6 Å². The molecule has 0 aliphatic carbocycles. The van der Waals surface area contributed by atoms with Crippen molar-refractivity contribution in [3.05, 3.63) is 60.3 Å². The van der Waals surface area contributed by atoms with Gasteiger partial charge in [0.1, 0.15) is 5.82 Å². The van der Waals surface area contributed by atoms with Gasteiger partial charge in [0.2, 0.25) is 5.91 Å². The summed E-state index contributed by atoms with van der Waals surface area (Å²) in [7, 11) is 0. The fraction of sp³-hybridized carbons (Fsp3) is 0.333. The van der Waals surface area contributed by atoms with Crippen molar-refractivity contribution in [1.29, 1.82) is 0 Å². The number of nitrogens with two attached hydrogens (primary N) is 1. The highest BCUT2D eigenvalue weighted by Gasteiger charge is 2.27. The quantitative estimate of drug-likeness (QED) is 0.880. The first-order chi connectivity index (χ1) is 11.3. The fourth-order valence-corrected chi connectivity index (χ4v) is 2.98. The maximum Gasteiger partial charge on any atom is 0.231 e. The Labute approximate surface area is 161 Å². The standard InChI is InChI=1S/C18H22N4O.2ClH/c19-14-16(15-6-2-1-3-7-15)18(23)22-12-10-21(11-13-22)17-8-4-5-9-20-17;;/h1-9,16H,10-14,19H2;2*1H. The van der Waals surface area contributed by atoms with Gasteiger partial charge < -0.3 is 15.5 Å². The monoisotopic (exact) mass is 382 g/mol. The minimum atomic E-state index is -0.252. The summed E-state index contributed by atoms with van der Waals surface area (Å²) < 4.78 is 0. The number of carbonyl (C=O) groups excluding carboxylic acids is 1. The molecule has 136 valence electrons. The number of halogens is 2. The molecule has 1 saturated heterocycles. The van der Waals surface area contributed by atoms with E-state index in [9.17, 15) is 4.79 Å². The van der Waals surface area contributed by atoms with Gasteiger partial charge in [-0.1, -0.05) is 36.4 Å². The molecule has 0 spiro atoms. The fourth-order valence-electron chi connectivity index (χ4n) is 2.98. The van der Waals surface area contributed by atoms with E-state index >= 15 is 0 Å². The van der Waals surface area contributed by atoms with Crippen LogP contribution in [0.4, 0.5) is 5.82 Å². The summed E-state index contributed by atoms with van der Waals surface area (Å²) in [6, 6.07) is 15.7. The van der Waals surface area contributed by atoms with Gasteiger partial charge in [-0.15, -0.1) is 24.8 Å². The maximum absolute atomic E-state index is 12.8. The molecule has 3 rings (SSSR count). The third-order valence-electron chi connectivity index (χ3n) is 4.30. The Morgan fingerprint density at radius 1 is 1.00 bits per heavy atom. The van der Waals surface area contributed by atoms with E-state index in [1.807, 2.05) is 53.4 Å². The minimum absolute atomic E-state index is 0. The predicted molar refractivity (Wildman–Crippen MR) is 106 cm³/mol. The minimum Gasteiger partial charge on any atom is -0.353 e. The Morgan fingerprint density at radius 3 is 2.20 bits per heavy atom. The number of nitrogens with zero attached hydrogens (tertiary/aromatic N) is 3. The van der Waals surface area contributed by atoms with Crippen molar-refractivity contribution in [2.24, 2.45) is 5.73 Å². The molecular weight excluding hydrogens is 359 g/mol. The molecular formula is C18H24Cl2N4O. The van der Waals surface area contributed by atoms with Crippen molar-refractivity contribution in [3.8, 4) is 0 Å². The van der Waals surface area contributed by atoms with E-state index in [2.05, 4.69) is 9.88 Å². The molecule has 1 aromatic carbocycles. The van der Waals surface area contributed by atoms with Gasteiger partial charge in [0, 0.05) is 38.9 Å². The Hall–Kier alpha value is -1.82. The number of hydrogen-bond donors (Lipinski definition) is 1. The van der Waals surface area contributed by atoms with Gasteiger partial charge in [-0.3, -0.25) is 4.79 Å². The summed E-state index contributed by atoms with van der Waals surface area (Å²) in [5, 5.41) is 0. The second-order valence-electron chi connectivity index (χ2n) is 5.70. The third-order valence-corrected chi connectivity index (χ3v) is 4.30. The highest BCUT2D eigenvalue weighted by Crippen LogP contribution is 2.19. The number of pyridine rings is 1. The van der Waals surface area contributed by atoms with Crippen molar-refractivity contribution in [1.82, 2.24) is 9.88 Å². The molecule has 0 radical (unpaired) electrons. The Kier molecular flexibility index (Phi) is 8.69. The molecule has 2 N–H and O–H groups in total.